The number of nitrogens with one attached hydrogen (secondary N) is 2. The van der Waals surface area contributed by atoms with E-state index in [9.17, 15) is 9.18 Å². The molecule has 6 heteroatoms. The molecular formula is C17H25BrClFN2O. The third-order valence-corrected chi connectivity index (χ3v) is 4.97. The molecule has 1 aliphatic heterocycles. The summed E-state index contributed by atoms with van der Waals surface area (Å²) in [5.74, 6) is 0.863. The van der Waals surface area contributed by atoms with E-state index in [2.05, 4.69) is 33.5 Å². The monoisotopic (exact) mass is 406 g/mol. The second-order valence-electron chi connectivity index (χ2n) is 6.14. The molecule has 1 heterocycles. The van der Waals surface area contributed by atoms with Gasteiger partial charge < -0.3 is 10.6 Å². The predicted molar refractivity (Wildman–Crippen MR) is 97.4 cm³/mol. The van der Waals surface area contributed by atoms with Crippen LogP contribution in [0.25, 0.3) is 0 Å². The maximum atomic E-state index is 13.1. The highest BCUT2D eigenvalue weighted by atomic mass is 79.9. The lowest BCUT2D eigenvalue weighted by Gasteiger charge is -2.28. The summed E-state index contributed by atoms with van der Waals surface area (Å²) in [6.07, 6.45) is 3.71. The molecule has 0 aromatic heterocycles. The molecule has 1 fully saturated rings. The Hall–Kier alpha value is -0.650. The van der Waals surface area contributed by atoms with Crippen molar-refractivity contribution < 1.29 is 9.18 Å². The molecule has 1 aromatic rings. The predicted octanol–water partition coefficient (Wildman–Crippen LogP) is 3.69. The van der Waals surface area contributed by atoms with Crippen LogP contribution in [-0.2, 0) is 11.2 Å². The molecule has 1 saturated heterocycles. The SMILES string of the molecule is CC(CC(=O)NCCc1ccc(F)c(Br)c1)C1CCCNC1.Cl. The number of halogens is 3. The van der Waals surface area contributed by atoms with Gasteiger partial charge in [-0.2, -0.15) is 0 Å². The minimum absolute atomic E-state index is 0. The first-order valence-electron chi connectivity index (χ1n) is 7.97. The van der Waals surface area contributed by atoms with Gasteiger partial charge in [-0.1, -0.05) is 13.0 Å². The van der Waals surface area contributed by atoms with Crippen LogP contribution in [0.15, 0.2) is 22.7 Å². The maximum Gasteiger partial charge on any atom is 0.220 e. The van der Waals surface area contributed by atoms with Gasteiger partial charge in [0.2, 0.25) is 5.91 Å². The summed E-state index contributed by atoms with van der Waals surface area (Å²) in [6, 6.07) is 4.96. The molecule has 1 aliphatic rings. The Labute approximate surface area is 152 Å². The molecule has 2 atom stereocenters. The molecule has 0 saturated carbocycles. The fraction of sp³-hybridized carbons (Fsp3) is 0.588. The summed E-state index contributed by atoms with van der Waals surface area (Å²) in [6.45, 7) is 4.88. The second kappa shape index (κ2) is 10.3. The molecule has 23 heavy (non-hydrogen) atoms. The molecule has 1 amide bonds. The molecule has 2 rings (SSSR count). The van der Waals surface area contributed by atoms with Crippen molar-refractivity contribution in [1.82, 2.24) is 10.6 Å². The number of hydrogen-bond acceptors (Lipinski definition) is 2. The fourth-order valence-electron chi connectivity index (χ4n) is 2.94. The van der Waals surface area contributed by atoms with E-state index in [1.807, 2.05) is 0 Å². The molecule has 0 bridgehead atoms. The van der Waals surface area contributed by atoms with E-state index in [0.29, 0.717) is 35.7 Å². The highest BCUT2D eigenvalue weighted by molar-refractivity contribution is 9.10. The van der Waals surface area contributed by atoms with Gasteiger partial charge in [-0.05, 0) is 77.8 Å². The Morgan fingerprint density at radius 3 is 2.96 bits per heavy atom. The van der Waals surface area contributed by atoms with Crippen LogP contribution >= 0.6 is 28.3 Å². The van der Waals surface area contributed by atoms with Crippen LogP contribution in [0.5, 0.6) is 0 Å². The number of carbonyl (C=O) groups is 1. The van der Waals surface area contributed by atoms with Gasteiger partial charge in [-0.25, -0.2) is 4.39 Å². The summed E-state index contributed by atoms with van der Waals surface area (Å²) >= 11 is 3.18. The lowest BCUT2D eigenvalue weighted by molar-refractivity contribution is -0.122. The van der Waals surface area contributed by atoms with Crippen molar-refractivity contribution in [3.8, 4) is 0 Å². The van der Waals surface area contributed by atoms with E-state index >= 15 is 0 Å². The standard InChI is InChI=1S/C17H24BrFN2O.ClH/c1-12(14-3-2-7-20-11-14)9-17(22)21-8-6-13-4-5-16(19)15(18)10-13;/h4-5,10,12,14,20H,2-3,6-9,11H2,1H3,(H,21,22);1H. The van der Waals surface area contributed by atoms with Crippen LogP contribution < -0.4 is 10.6 Å². The van der Waals surface area contributed by atoms with Crippen molar-refractivity contribution in [1.29, 1.82) is 0 Å². The summed E-state index contributed by atoms with van der Waals surface area (Å²) in [5.41, 5.74) is 1.01. The van der Waals surface area contributed by atoms with Crippen LogP contribution in [0.3, 0.4) is 0 Å². The van der Waals surface area contributed by atoms with Gasteiger partial charge in [0.05, 0.1) is 4.47 Å². The van der Waals surface area contributed by atoms with E-state index in [1.54, 1.807) is 12.1 Å². The minimum Gasteiger partial charge on any atom is -0.356 e. The Morgan fingerprint density at radius 2 is 2.30 bits per heavy atom. The molecule has 2 unspecified atom stereocenters. The van der Waals surface area contributed by atoms with Crippen molar-refractivity contribution in [2.75, 3.05) is 19.6 Å². The van der Waals surface area contributed by atoms with E-state index in [1.165, 1.54) is 18.9 Å². The highest BCUT2D eigenvalue weighted by Gasteiger charge is 2.21. The molecule has 0 aliphatic carbocycles. The largest absolute Gasteiger partial charge is 0.356 e. The molecule has 0 radical (unpaired) electrons. The van der Waals surface area contributed by atoms with Gasteiger partial charge in [0.25, 0.3) is 0 Å². The van der Waals surface area contributed by atoms with Crippen LogP contribution in [0.4, 0.5) is 4.39 Å². The number of benzene rings is 1. The van der Waals surface area contributed by atoms with Gasteiger partial charge in [-0.15, -0.1) is 12.4 Å². The summed E-state index contributed by atoms with van der Waals surface area (Å²) < 4.78 is 13.6. The lowest BCUT2D eigenvalue weighted by atomic mass is 9.85. The van der Waals surface area contributed by atoms with Gasteiger partial charge in [0, 0.05) is 13.0 Å². The van der Waals surface area contributed by atoms with Crippen LogP contribution in [-0.4, -0.2) is 25.5 Å². The van der Waals surface area contributed by atoms with Gasteiger partial charge in [0.1, 0.15) is 5.82 Å². The normalized spacial score (nSPS) is 18.8. The highest BCUT2D eigenvalue weighted by Crippen LogP contribution is 2.22. The number of amides is 1. The van der Waals surface area contributed by atoms with Crippen molar-refractivity contribution >= 4 is 34.2 Å². The zero-order valence-electron chi connectivity index (χ0n) is 13.4. The van der Waals surface area contributed by atoms with Gasteiger partial charge in [0.15, 0.2) is 0 Å². The van der Waals surface area contributed by atoms with Crippen molar-refractivity contribution in [2.45, 2.75) is 32.6 Å². The second-order valence-corrected chi connectivity index (χ2v) is 6.99. The molecule has 2 N–H and O–H groups in total. The van der Waals surface area contributed by atoms with Crippen molar-refractivity contribution in [3.63, 3.8) is 0 Å². The van der Waals surface area contributed by atoms with Gasteiger partial charge >= 0.3 is 0 Å². The van der Waals surface area contributed by atoms with Crippen LogP contribution in [0.2, 0.25) is 0 Å². The van der Waals surface area contributed by atoms with E-state index in [4.69, 9.17) is 0 Å². The number of hydrogen-bond donors (Lipinski definition) is 2. The third-order valence-electron chi connectivity index (χ3n) is 4.37. The van der Waals surface area contributed by atoms with Crippen LogP contribution in [0.1, 0.15) is 31.7 Å². The van der Waals surface area contributed by atoms with Crippen molar-refractivity contribution in [2.24, 2.45) is 11.8 Å². The zero-order chi connectivity index (χ0) is 15.9. The number of carbonyl (C=O) groups excluding carboxylic acids is 1. The molecule has 1 aromatic carbocycles. The molecular weight excluding hydrogens is 383 g/mol. The van der Waals surface area contributed by atoms with E-state index in [-0.39, 0.29) is 24.1 Å². The first kappa shape index (κ1) is 20.4. The summed E-state index contributed by atoms with van der Waals surface area (Å²) in [4.78, 5) is 12.0. The maximum absolute atomic E-state index is 13.1. The Kier molecular flexibility index (Phi) is 9.10. The molecule has 0 spiro atoms. The lowest BCUT2D eigenvalue weighted by Crippen LogP contribution is -2.36. The third kappa shape index (κ3) is 6.77. The first-order valence-corrected chi connectivity index (χ1v) is 8.77. The fourth-order valence-corrected chi connectivity index (χ4v) is 3.36. The van der Waals surface area contributed by atoms with E-state index in [0.717, 1.165) is 18.7 Å². The number of rotatable bonds is 6. The molecule has 3 nitrogen and oxygen atoms in total. The summed E-state index contributed by atoms with van der Waals surface area (Å²) in [5, 5.41) is 6.36. The Balaban J connectivity index is 0.00000264. The first-order chi connectivity index (χ1) is 10.6. The quantitative estimate of drug-likeness (QED) is 0.755. The van der Waals surface area contributed by atoms with Gasteiger partial charge in [-0.3, -0.25) is 4.79 Å². The smallest absolute Gasteiger partial charge is 0.220 e. The van der Waals surface area contributed by atoms with E-state index < -0.39 is 0 Å². The van der Waals surface area contributed by atoms with Crippen molar-refractivity contribution in [3.05, 3.63) is 34.1 Å². The average Bonchev–Trinajstić information content (AvgIpc) is 2.51. The summed E-state index contributed by atoms with van der Waals surface area (Å²) in [7, 11) is 0. The number of piperidine rings is 1. The topological polar surface area (TPSA) is 41.1 Å². The zero-order valence-corrected chi connectivity index (χ0v) is 15.8. The molecule has 130 valence electrons. The Morgan fingerprint density at radius 1 is 1.52 bits per heavy atom. The average molecular weight is 408 g/mol. The van der Waals surface area contributed by atoms with Crippen LogP contribution in [0, 0.1) is 17.7 Å². The minimum atomic E-state index is -0.261. The Bertz CT molecular complexity index is 509.